The first-order valence-electron chi connectivity index (χ1n) is 5.48. The number of amides is 1. The number of nitrogens with zero attached hydrogens (tertiary/aromatic N) is 2. The maximum atomic E-state index is 11.9. The van der Waals surface area contributed by atoms with Gasteiger partial charge in [-0.1, -0.05) is 0 Å². The van der Waals surface area contributed by atoms with Gasteiger partial charge in [-0.25, -0.2) is 0 Å². The summed E-state index contributed by atoms with van der Waals surface area (Å²) in [6.07, 6.45) is 0. The molecule has 6 nitrogen and oxygen atoms in total. The molecule has 0 aliphatic heterocycles. The Balaban J connectivity index is 2.73. The molecular formula is C11H17N5OS. The lowest BCUT2D eigenvalue weighted by Crippen LogP contribution is -2.47. The number of carbonyl (C=O) groups excluding carboxylic acids is 1. The maximum Gasteiger partial charge on any atom is 0.242 e. The monoisotopic (exact) mass is 267 g/mol. The molecular weight excluding hydrogens is 250 g/mol. The van der Waals surface area contributed by atoms with Gasteiger partial charge in [0.1, 0.15) is 22.7 Å². The van der Waals surface area contributed by atoms with Crippen LogP contribution in [0.1, 0.15) is 33.3 Å². The topological polar surface area (TPSA) is 104 Å². The summed E-state index contributed by atoms with van der Waals surface area (Å²) in [5.74, 6) is 0.0480. The Kier molecular flexibility index (Phi) is 4.14. The number of carbonyl (C=O) groups is 1. The van der Waals surface area contributed by atoms with Crippen LogP contribution in [0.25, 0.3) is 0 Å². The first-order chi connectivity index (χ1) is 8.24. The zero-order chi connectivity index (χ0) is 13.9. The third-order valence-electron chi connectivity index (χ3n) is 2.07. The molecule has 0 saturated heterocycles. The molecule has 7 heteroatoms. The van der Waals surface area contributed by atoms with Crippen LogP contribution in [-0.2, 0) is 4.79 Å². The third kappa shape index (κ3) is 3.60. The van der Waals surface area contributed by atoms with E-state index in [1.54, 1.807) is 6.92 Å². The molecule has 18 heavy (non-hydrogen) atoms. The predicted octanol–water partition coefficient (Wildman–Crippen LogP) is 1.31. The summed E-state index contributed by atoms with van der Waals surface area (Å²) in [6, 6.07) is 1.50. The van der Waals surface area contributed by atoms with E-state index in [0.717, 1.165) is 11.5 Å². The smallest absolute Gasteiger partial charge is 0.242 e. The lowest BCUT2D eigenvalue weighted by atomic mass is 10.1. The van der Waals surface area contributed by atoms with Gasteiger partial charge in [0.15, 0.2) is 5.82 Å². The summed E-state index contributed by atoms with van der Waals surface area (Å²) in [7, 11) is 0. The van der Waals surface area contributed by atoms with Crippen molar-refractivity contribution >= 4 is 28.3 Å². The van der Waals surface area contributed by atoms with Gasteiger partial charge >= 0.3 is 0 Å². The molecule has 1 atom stereocenters. The molecule has 98 valence electrons. The molecule has 4 N–H and O–H groups in total. The van der Waals surface area contributed by atoms with Crippen molar-refractivity contribution in [3.63, 3.8) is 0 Å². The number of nitrogens with two attached hydrogens (primary N) is 1. The Bertz CT molecular complexity index is 483. The van der Waals surface area contributed by atoms with Gasteiger partial charge in [0.2, 0.25) is 5.91 Å². The lowest BCUT2D eigenvalue weighted by molar-refractivity contribution is -0.122. The Morgan fingerprint density at radius 3 is 2.67 bits per heavy atom. The van der Waals surface area contributed by atoms with Gasteiger partial charge in [-0.2, -0.15) is 9.64 Å². The van der Waals surface area contributed by atoms with Crippen LogP contribution in [0.3, 0.4) is 0 Å². The largest absolute Gasteiger partial charge is 0.382 e. The van der Waals surface area contributed by atoms with Crippen LogP contribution in [0.5, 0.6) is 0 Å². The van der Waals surface area contributed by atoms with E-state index in [0.29, 0.717) is 5.00 Å². The molecule has 0 fully saturated rings. The SMILES string of the molecule is CC(Nc1snc(N)c1C#N)C(=O)NC(C)(C)C. The van der Waals surface area contributed by atoms with Crippen molar-refractivity contribution in [3.8, 4) is 6.07 Å². The summed E-state index contributed by atoms with van der Waals surface area (Å²) in [5, 5.41) is 15.2. The fraction of sp³-hybridized carbons (Fsp3) is 0.545. The first kappa shape index (κ1) is 14.3. The second kappa shape index (κ2) is 5.23. The number of hydrogen-bond donors (Lipinski definition) is 3. The van der Waals surface area contributed by atoms with Crippen molar-refractivity contribution in [2.45, 2.75) is 39.3 Å². The van der Waals surface area contributed by atoms with Crippen molar-refractivity contribution in [1.82, 2.24) is 9.69 Å². The van der Waals surface area contributed by atoms with E-state index in [-0.39, 0.29) is 22.8 Å². The first-order valence-corrected chi connectivity index (χ1v) is 6.25. The maximum absolute atomic E-state index is 11.9. The standard InChI is InChI=1S/C11H17N5OS/c1-6(9(17)15-11(2,3)4)14-10-7(5-12)8(13)16-18-10/h6,14H,1-4H3,(H2,13,16)(H,15,17). The highest BCUT2D eigenvalue weighted by molar-refractivity contribution is 7.10. The fourth-order valence-corrected chi connectivity index (χ4v) is 2.00. The molecule has 1 aromatic rings. The van der Waals surface area contributed by atoms with Crippen LogP contribution >= 0.6 is 11.5 Å². The number of rotatable bonds is 3. The van der Waals surface area contributed by atoms with Crippen LogP contribution < -0.4 is 16.4 Å². The van der Waals surface area contributed by atoms with Crippen LogP contribution in [0, 0.1) is 11.3 Å². The van der Waals surface area contributed by atoms with Crippen LogP contribution in [0.4, 0.5) is 10.8 Å². The van der Waals surface area contributed by atoms with E-state index in [1.807, 2.05) is 26.8 Å². The van der Waals surface area contributed by atoms with Gasteiger partial charge in [-0.3, -0.25) is 4.79 Å². The molecule has 0 aromatic carbocycles. The number of nitriles is 1. The summed E-state index contributed by atoms with van der Waals surface area (Å²) >= 11 is 1.08. The lowest BCUT2D eigenvalue weighted by Gasteiger charge is -2.23. The summed E-state index contributed by atoms with van der Waals surface area (Å²) in [5.41, 5.74) is 5.54. The zero-order valence-electron chi connectivity index (χ0n) is 10.9. The summed E-state index contributed by atoms with van der Waals surface area (Å²) < 4.78 is 3.88. The van der Waals surface area contributed by atoms with Crippen LogP contribution in [0.15, 0.2) is 0 Å². The molecule has 1 aromatic heterocycles. The normalized spacial score (nSPS) is 12.6. The molecule has 0 aliphatic rings. The van der Waals surface area contributed by atoms with Crippen molar-refractivity contribution < 1.29 is 4.79 Å². The third-order valence-corrected chi connectivity index (χ3v) is 2.86. The van der Waals surface area contributed by atoms with Gasteiger partial charge in [0.25, 0.3) is 0 Å². The Labute approximate surface area is 110 Å². The number of anilines is 2. The molecule has 1 amide bonds. The molecule has 0 bridgehead atoms. The Morgan fingerprint density at radius 2 is 2.17 bits per heavy atom. The highest BCUT2D eigenvalue weighted by Crippen LogP contribution is 2.26. The van der Waals surface area contributed by atoms with Gasteiger partial charge in [-0.15, -0.1) is 0 Å². The second-order valence-corrected chi connectivity index (χ2v) is 5.76. The van der Waals surface area contributed by atoms with E-state index in [2.05, 4.69) is 15.0 Å². The van der Waals surface area contributed by atoms with Crippen molar-refractivity contribution in [2.75, 3.05) is 11.1 Å². The molecule has 1 unspecified atom stereocenters. The second-order valence-electron chi connectivity index (χ2n) is 4.99. The number of nitrogen functional groups attached to an aromatic ring is 1. The van der Waals surface area contributed by atoms with E-state index >= 15 is 0 Å². The summed E-state index contributed by atoms with van der Waals surface area (Å²) in [4.78, 5) is 11.9. The highest BCUT2D eigenvalue weighted by Gasteiger charge is 2.21. The van der Waals surface area contributed by atoms with Gasteiger partial charge in [-0.05, 0) is 39.2 Å². The number of aromatic nitrogens is 1. The highest BCUT2D eigenvalue weighted by atomic mass is 32.1. The fourth-order valence-electron chi connectivity index (χ4n) is 1.25. The summed E-state index contributed by atoms with van der Waals surface area (Å²) in [6.45, 7) is 7.44. The van der Waals surface area contributed by atoms with Crippen molar-refractivity contribution in [1.29, 1.82) is 5.26 Å². The number of hydrogen-bond acceptors (Lipinski definition) is 6. The molecule has 1 heterocycles. The average Bonchev–Trinajstić information content (AvgIpc) is 2.56. The molecule has 0 aliphatic carbocycles. The molecule has 0 radical (unpaired) electrons. The Morgan fingerprint density at radius 1 is 1.56 bits per heavy atom. The quantitative estimate of drug-likeness (QED) is 0.766. The van der Waals surface area contributed by atoms with Gasteiger partial charge < -0.3 is 16.4 Å². The van der Waals surface area contributed by atoms with Crippen molar-refractivity contribution in [2.24, 2.45) is 0 Å². The minimum Gasteiger partial charge on any atom is -0.382 e. The zero-order valence-corrected chi connectivity index (χ0v) is 11.7. The molecule has 1 rings (SSSR count). The molecule has 0 spiro atoms. The van der Waals surface area contributed by atoms with Gasteiger partial charge in [0.05, 0.1) is 0 Å². The predicted molar refractivity (Wildman–Crippen MR) is 72.2 cm³/mol. The van der Waals surface area contributed by atoms with Crippen LogP contribution in [0.2, 0.25) is 0 Å². The van der Waals surface area contributed by atoms with Crippen molar-refractivity contribution in [3.05, 3.63) is 5.56 Å². The minimum absolute atomic E-state index is 0.140. The average molecular weight is 267 g/mol. The van der Waals surface area contributed by atoms with E-state index < -0.39 is 6.04 Å². The number of nitrogens with one attached hydrogen (secondary N) is 2. The van der Waals surface area contributed by atoms with Gasteiger partial charge in [0, 0.05) is 5.54 Å². The van der Waals surface area contributed by atoms with E-state index in [1.165, 1.54) is 0 Å². The Hall–Kier alpha value is -1.81. The van der Waals surface area contributed by atoms with E-state index in [9.17, 15) is 4.79 Å². The van der Waals surface area contributed by atoms with E-state index in [4.69, 9.17) is 11.0 Å². The van der Waals surface area contributed by atoms with Crippen LogP contribution in [-0.4, -0.2) is 21.9 Å². The molecule has 0 saturated carbocycles. The minimum atomic E-state index is -0.462.